The second-order valence-corrected chi connectivity index (χ2v) is 5.44. The first-order chi connectivity index (χ1) is 9.56. The molecule has 106 valence electrons. The Bertz CT molecular complexity index is 581. The minimum absolute atomic E-state index is 0.0000890. The molecule has 0 amide bonds. The Labute approximate surface area is 121 Å². The van der Waals surface area contributed by atoms with Crippen molar-refractivity contribution in [2.45, 2.75) is 26.3 Å². The van der Waals surface area contributed by atoms with Crippen LogP contribution in [0, 0.1) is 0 Å². The molecule has 1 aliphatic rings. The zero-order chi connectivity index (χ0) is 14.7. The molecular weight excluding hydrogens is 271 g/mol. The number of benzene rings is 1. The number of aryl methyl sites for hydroxylation is 1. The number of rotatable bonds is 4. The van der Waals surface area contributed by atoms with Crippen LogP contribution in [0.2, 0.25) is 0 Å². The molecular formula is C15H19N2O2P. The van der Waals surface area contributed by atoms with Crippen LogP contribution in [0.3, 0.4) is 0 Å². The van der Waals surface area contributed by atoms with E-state index in [0.717, 1.165) is 12.8 Å². The number of fused-ring (bicyclic) bond motifs is 1. The summed E-state index contributed by atoms with van der Waals surface area (Å²) in [5.74, 6) is 0. The number of hydrogen-bond acceptors (Lipinski definition) is 4. The minimum atomic E-state index is -0.246. The molecule has 1 heterocycles. The SMILES string of the molecule is CCc1ccc2c(c1)CN(/C(C(=O)P)=C(\N)C=O)CC2. The third-order valence-corrected chi connectivity index (χ3v) is 3.91. The lowest BCUT2D eigenvalue weighted by Gasteiger charge is -2.32. The lowest BCUT2D eigenvalue weighted by atomic mass is 9.96. The Hall–Kier alpha value is -1.67. The molecule has 0 radical (unpaired) electrons. The van der Waals surface area contributed by atoms with Crippen molar-refractivity contribution in [3.8, 4) is 0 Å². The van der Waals surface area contributed by atoms with Gasteiger partial charge in [0.05, 0.1) is 5.70 Å². The van der Waals surface area contributed by atoms with Gasteiger partial charge in [0.1, 0.15) is 5.70 Å². The summed E-state index contributed by atoms with van der Waals surface area (Å²) in [6.07, 6.45) is 2.37. The quantitative estimate of drug-likeness (QED) is 0.517. The molecule has 1 aliphatic heterocycles. The lowest BCUT2D eigenvalue weighted by molar-refractivity contribution is -0.110. The summed E-state index contributed by atoms with van der Waals surface area (Å²) in [6.45, 7) is 3.43. The molecule has 5 heteroatoms. The van der Waals surface area contributed by atoms with Crippen LogP contribution < -0.4 is 5.73 Å². The molecule has 0 saturated heterocycles. The van der Waals surface area contributed by atoms with E-state index in [-0.39, 0.29) is 11.2 Å². The number of nitrogens with two attached hydrogens (primary N) is 1. The van der Waals surface area contributed by atoms with E-state index in [0.29, 0.717) is 25.1 Å². The lowest BCUT2D eigenvalue weighted by Crippen LogP contribution is -2.34. The summed E-state index contributed by atoms with van der Waals surface area (Å²) >= 11 is 0. The van der Waals surface area contributed by atoms with E-state index < -0.39 is 0 Å². The second kappa shape index (κ2) is 6.19. The molecule has 1 aromatic carbocycles. The summed E-state index contributed by atoms with van der Waals surface area (Å²) in [7, 11) is 2.10. The largest absolute Gasteiger partial charge is 0.394 e. The van der Waals surface area contributed by atoms with E-state index in [1.165, 1.54) is 16.7 Å². The first kappa shape index (κ1) is 14.7. The van der Waals surface area contributed by atoms with Gasteiger partial charge in [0.2, 0.25) is 0 Å². The molecule has 0 aromatic heterocycles. The number of carbonyl (C=O) groups is 2. The Morgan fingerprint density at radius 1 is 1.45 bits per heavy atom. The fourth-order valence-corrected chi connectivity index (χ4v) is 2.91. The summed E-state index contributed by atoms with van der Waals surface area (Å²) in [5.41, 5.74) is 9.50. The summed E-state index contributed by atoms with van der Waals surface area (Å²) < 4.78 is 0. The smallest absolute Gasteiger partial charge is 0.196 e. The maximum atomic E-state index is 11.7. The molecule has 0 bridgehead atoms. The molecule has 2 N–H and O–H groups in total. The average molecular weight is 290 g/mol. The highest BCUT2D eigenvalue weighted by atomic mass is 31.0. The van der Waals surface area contributed by atoms with Crippen LogP contribution in [-0.4, -0.2) is 23.3 Å². The zero-order valence-corrected chi connectivity index (χ0v) is 12.7. The van der Waals surface area contributed by atoms with Crippen molar-refractivity contribution in [1.82, 2.24) is 4.90 Å². The van der Waals surface area contributed by atoms with Gasteiger partial charge in [0.25, 0.3) is 0 Å². The molecule has 2 rings (SSSR count). The maximum Gasteiger partial charge on any atom is 0.196 e. The normalized spacial score (nSPS) is 15.4. The van der Waals surface area contributed by atoms with Crippen LogP contribution in [-0.2, 0) is 29.0 Å². The molecule has 1 aromatic rings. The van der Waals surface area contributed by atoms with Gasteiger partial charge in [-0.1, -0.05) is 34.4 Å². The zero-order valence-electron chi connectivity index (χ0n) is 11.6. The Morgan fingerprint density at radius 3 is 2.80 bits per heavy atom. The van der Waals surface area contributed by atoms with E-state index in [1.54, 1.807) is 0 Å². The van der Waals surface area contributed by atoms with Crippen LogP contribution >= 0.6 is 9.24 Å². The third-order valence-electron chi connectivity index (χ3n) is 3.64. The van der Waals surface area contributed by atoms with Gasteiger partial charge in [0, 0.05) is 13.1 Å². The van der Waals surface area contributed by atoms with Crippen molar-refractivity contribution in [3.05, 3.63) is 46.3 Å². The molecule has 0 spiro atoms. The van der Waals surface area contributed by atoms with E-state index in [9.17, 15) is 9.59 Å². The number of nitrogens with zero attached hydrogens (tertiary/aromatic N) is 1. The summed E-state index contributed by atoms with van der Waals surface area (Å²) in [5, 5.41) is 0. The van der Waals surface area contributed by atoms with E-state index in [2.05, 4.69) is 34.4 Å². The standard InChI is InChI=1S/C15H19N2O2P/c1-2-10-3-4-11-5-6-17(8-12(11)7-10)14(15(19)20)13(16)9-18/h3-4,7,9H,2,5-6,8,16,20H2,1H3/b14-13-. The number of allylic oxidation sites excluding steroid dienone is 2. The molecule has 20 heavy (non-hydrogen) atoms. The van der Waals surface area contributed by atoms with Gasteiger partial charge in [-0.2, -0.15) is 0 Å². The van der Waals surface area contributed by atoms with Crippen LogP contribution in [0.15, 0.2) is 29.6 Å². The van der Waals surface area contributed by atoms with Gasteiger partial charge in [-0.15, -0.1) is 0 Å². The van der Waals surface area contributed by atoms with Crippen LogP contribution in [0.25, 0.3) is 0 Å². The Kier molecular flexibility index (Phi) is 4.56. The van der Waals surface area contributed by atoms with Gasteiger partial charge >= 0.3 is 0 Å². The van der Waals surface area contributed by atoms with Crippen molar-refractivity contribution >= 4 is 21.1 Å². The van der Waals surface area contributed by atoms with Crippen molar-refractivity contribution in [2.75, 3.05) is 6.54 Å². The molecule has 0 aliphatic carbocycles. The fraction of sp³-hybridized carbons (Fsp3) is 0.333. The highest BCUT2D eigenvalue weighted by molar-refractivity contribution is 7.41. The first-order valence-corrected chi connectivity index (χ1v) is 7.25. The molecule has 1 unspecified atom stereocenters. The molecule has 1 atom stereocenters. The Morgan fingerprint density at radius 2 is 2.20 bits per heavy atom. The van der Waals surface area contributed by atoms with Gasteiger partial charge in [-0.3, -0.25) is 9.59 Å². The third kappa shape index (κ3) is 2.91. The van der Waals surface area contributed by atoms with Crippen molar-refractivity contribution < 1.29 is 9.59 Å². The van der Waals surface area contributed by atoms with Crippen molar-refractivity contribution in [2.24, 2.45) is 5.73 Å². The molecule has 4 nitrogen and oxygen atoms in total. The van der Waals surface area contributed by atoms with Crippen molar-refractivity contribution in [3.63, 3.8) is 0 Å². The van der Waals surface area contributed by atoms with Crippen LogP contribution in [0.5, 0.6) is 0 Å². The second-order valence-electron chi connectivity index (χ2n) is 4.91. The number of hydrogen-bond donors (Lipinski definition) is 1. The topological polar surface area (TPSA) is 63.4 Å². The fourth-order valence-electron chi connectivity index (χ4n) is 2.56. The predicted octanol–water partition coefficient (Wildman–Crippen LogP) is 1.38. The van der Waals surface area contributed by atoms with E-state index >= 15 is 0 Å². The van der Waals surface area contributed by atoms with Gasteiger partial charge < -0.3 is 10.6 Å². The van der Waals surface area contributed by atoms with E-state index in [4.69, 9.17) is 5.73 Å². The minimum Gasteiger partial charge on any atom is -0.394 e. The molecule has 0 saturated carbocycles. The number of aldehydes is 1. The van der Waals surface area contributed by atoms with Gasteiger partial charge in [0.15, 0.2) is 11.8 Å². The van der Waals surface area contributed by atoms with Gasteiger partial charge in [-0.25, -0.2) is 0 Å². The van der Waals surface area contributed by atoms with Crippen LogP contribution in [0.1, 0.15) is 23.6 Å². The van der Waals surface area contributed by atoms with Crippen LogP contribution in [0.4, 0.5) is 0 Å². The number of carbonyl (C=O) groups excluding carboxylic acids is 2. The first-order valence-electron chi connectivity index (χ1n) is 6.67. The van der Waals surface area contributed by atoms with E-state index in [1.807, 2.05) is 4.90 Å². The average Bonchev–Trinajstić information content (AvgIpc) is 2.46. The summed E-state index contributed by atoms with van der Waals surface area (Å²) in [4.78, 5) is 24.5. The monoisotopic (exact) mass is 290 g/mol. The highest BCUT2D eigenvalue weighted by Crippen LogP contribution is 2.25. The highest BCUT2D eigenvalue weighted by Gasteiger charge is 2.23. The van der Waals surface area contributed by atoms with Crippen molar-refractivity contribution in [1.29, 1.82) is 0 Å². The Balaban J connectivity index is 2.34. The predicted molar refractivity (Wildman–Crippen MR) is 81.9 cm³/mol. The van der Waals surface area contributed by atoms with Gasteiger partial charge in [-0.05, 0) is 29.5 Å². The molecule has 0 fully saturated rings. The summed E-state index contributed by atoms with van der Waals surface area (Å²) in [6, 6.07) is 6.47. The maximum absolute atomic E-state index is 11.7.